The zero-order chi connectivity index (χ0) is 17.7. The summed E-state index contributed by atoms with van der Waals surface area (Å²) in [4.78, 5) is 25.8. The Bertz CT molecular complexity index is 861. The van der Waals surface area contributed by atoms with Crippen LogP contribution in [0.2, 0.25) is 0 Å². The van der Waals surface area contributed by atoms with Crippen molar-refractivity contribution in [2.45, 2.75) is 63.6 Å². The summed E-state index contributed by atoms with van der Waals surface area (Å²) in [5.74, 6) is 0.0978. The zero-order valence-corrected chi connectivity index (χ0v) is 14.5. The van der Waals surface area contributed by atoms with E-state index < -0.39 is 23.0 Å². The van der Waals surface area contributed by atoms with Crippen LogP contribution in [-0.2, 0) is 10.2 Å². The van der Waals surface area contributed by atoms with Gasteiger partial charge < -0.3 is 14.6 Å². The third-order valence-electron chi connectivity index (χ3n) is 7.35. The molecule has 4 aliphatic carbocycles. The van der Waals surface area contributed by atoms with Crippen molar-refractivity contribution in [3.05, 3.63) is 34.3 Å². The Morgan fingerprint density at radius 1 is 1.16 bits per heavy atom. The summed E-state index contributed by atoms with van der Waals surface area (Å²) in [6.45, 7) is 3.93. The number of hydrogen-bond donors (Lipinski definition) is 2. The van der Waals surface area contributed by atoms with Gasteiger partial charge in [-0.3, -0.25) is 9.59 Å². The van der Waals surface area contributed by atoms with Crippen molar-refractivity contribution < 1.29 is 24.2 Å². The summed E-state index contributed by atoms with van der Waals surface area (Å²) in [6.07, 6.45) is 2.79. The smallest absolute Gasteiger partial charge is 0.224 e. The van der Waals surface area contributed by atoms with Gasteiger partial charge in [0, 0.05) is 39.9 Å². The third kappa shape index (κ3) is 1.62. The molecule has 0 aliphatic heterocycles. The van der Waals surface area contributed by atoms with E-state index in [1.165, 1.54) is 6.26 Å². The van der Waals surface area contributed by atoms with Crippen LogP contribution in [0, 0.1) is 11.3 Å². The number of furan rings is 1. The van der Waals surface area contributed by atoms with E-state index in [0.717, 1.165) is 11.1 Å². The summed E-state index contributed by atoms with van der Waals surface area (Å²) in [7, 11) is 0. The van der Waals surface area contributed by atoms with E-state index in [1.54, 1.807) is 0 Å². The summed E-state index contributed by atoms with van der Waals surface area (Å²) in [6, 6.07) is 0. The number of allylic oxidation sites excluding steroid dienone is 1. The fraction of sp³-hybridized carbons (Fsp3) is 0.600. The monoisotopic (exact) mass is 342 g/mol. The van der Waals surface area contributed by atoms with Crippen LogP contribution in [0.4, 0.5) is 0 Å². The van der Waals surface area contributed by atoms with E-state index in [1.807, 2.05) is 13.8 Å². The maximum absolute atomic E-state index is 13.3. The molecule has 5 unspecified atom stereocenters. The zero-order valence-electron chi connectivity index (χ0n) is 14.5. The van der Waals surface area contributed by atoms with Crippen molar-refractivity contribution in [3.8, 4) is 0 Å². The summed E-state index contributed by atoms with van der Waals surface area (Å²) in [5.41, 5.74) is 1.64. The molecule has 0 saturated heterocycles. The Hall–Kier alpha value is -1.72. The molecular formula is C20H22O5. The van der Waals surface area contributed by atoms with Crippen LogP contribution in [-0.4, -0.2) is 27.9 Å². The summed E-state index contributed by atoms with van der Waals surface area (Å²) in [5, 5.41) is 21.3. The van der Waals surface area contributed by atoms with Crippen LogP contribution >= 0.6 is 0 Å². The number of hydrogen-bond acceptors (Lipinski definition) is 5. The van der Waals surface area contributed by atoms with Crippen molar-refractivity contribution in [2.24, 2.45) is 11.3 Å². The van der Waals surface area contributed by atoms with E-state index in [9.17, 15) is 19.8 Å². The fourth-order valence-electron chi connectivity index (χ4n) is 6.06. The van der Waals surface area contributed by atoms with Gasteiger partial charge in [0.25, 0.3) is 0 Å². The lowest BCUT2D eigenvalue weighted by Gasteiger charge is -2.49. The average molecular weight is 342 g/mol. The van der Waals surface area contributed by atoms with Crippen LogP contribution in [0.25, 0.3) is 0 Å². The topological polar surface area (TPSA) is 87.7 Å². The molecule has 0 amide bonds. The van der Waals surface area contributed by atoms with Gasteiger partial charge in [-0.15, -0.1) is 0 Å². The normalized spacial score (nSPS) is 42.3. The second-order valence-electron chi connectivity index (χ2n) is 8.59. The SMILES string of the molecule is CC12CCC(O)c3coc(c31)C(=O)C1=C2C(O)CC2(C)C(=O)CCC12. The molecule has 0 radical (unpaired) electrons. The largest absolute Gasteiger partial charge is 0.460 e. The Labute approximate surface area is 145 Å². The first kappa shape index (κ1) is 15.5. The highest BCUT2D eigenvalue weighted by Gasteiger charge is 2.60. The predicted octanol–water partition coefficient (Wildman–Crippen LogP) is 2.61. The van der Waals surface area contributed by atoms with Crippen molar-refractivity contribution in [1.29, 1.82) is 0 Å². The maximum atomic E-state index is 13.3. The lowest BCUT2D eigenvalue weighted by molar-refractivity contribution is -0.127. The second-order valence-corrected chi connectivity index (χ2v) is 8.59. The Morgan fingerprint density at radius 2 is 1.92 bits per heavy atom. The lowest BCUT2D eigenvalue weighted by Crippen LogP contribution is -2.49. The second kappa shape index (κ2) is 4.51. The van der Waals surface area contributed by atoms with Crippen molar-refractivity contribution in [1.82, 2.24) is 0 Å². The Balaban J connectivity index is 1.80. The number of Topliss-reactive ketones (excluding diaryl/α,β-unsaturated/α-hetero) is 2. The predicted molar refractivity (Wildman–Crippen MR) is 88.1 cm³/mol. The van der Waals surface area contributed by atoms with Gasteiger partial charge in [-0.2, -0.15) is 0 Å². The number of aliphatic hydroxyl groups excluding tert-OH is 2. The molecule has 1 aromatic heterocycles. The molecule has 25 heavy (non-hydrogen) atoms. The number of carbonyl (C=O) groups excluding carboxylic acids is 2. The van der Waals surface area contributed by atoms with Crippen LogP contribution in [0.1, 0.15) is 73.7 Å². The highest BCUT2D eigenvalue weighted by Crippen LogP contribution is 2.61. The molecule has 1 aromatic rings. The van der Waals surface area contributed by atoms with E-state index in [2.05, 4.69) is 0 Å². The molecule has 0 aromatic carbocycles. The molecule has 1 fully saturated rings. The van der Waals surface area contributed by atoms with Crippen molar-refractivity contribution in [2.75, 3.05) is 0 Å². The first-order valence-corrected chi connectivity index (χ1v) is 9.09. The lowest BCUT2D eigenvalue weighted by atomic mass is 9.53. The maximum Gasteiger partial charge on any atom is 0.224 e. The molecular weight excluding hydrogens is 320 g/mol. The number of aliphatic hydroxyl groups is 2. The molecule has 4 aliphatic rings. The van der Waals surface area contributed by atoms with Crippen LogP contribution in [0.5, 0.6) is 0 Å². The minimum absolute atomic E-state index is 0.142. The van der Waals surface area contributed by atoms with Crippen molar-refractivity contribution in [3.63, 3.8) is 0 Å². The first-order valence-electron chi connectivity index (χ1n) is 9.09. The number of carbonyl (C=O) groups is 2. The Kier molecular flexibility index (Phi) is 2.80. The molecule has 5 atom stereocenters. The van der Waals surface area contributed by atoms with Crippen LogP contribution < -0.4 is 0 Å². The van der Waals surface area contributed by atoms with E-state index in [4.69, 9.17) is 4.42 Å². The van der Waals surface area contributed by atoms with Gasteiger partial charge in [-0.25, -0.2) is 0 Å². The molecule has 0 spiro atoms. The molecule has 1 saturated carbocycles. The van der Waals surface area contributed by atoms with Crippen LogP contribution in [0.3, 0.4) is 0 Å². The van der Waals surface area contributed by atoms with E-state index in [-0.39, 0.29) is 17.5 Å². The molecule has 0 bridgehead atoms. The number of ketones is 2. The van der Waals surface area contributed by atoms with Crippen LogP contribution in [0.15, 0.2) is 21.8 Å². The third-order valence-corrected chi connectivity index (χ3v) is 7.35. The highest BCUT2D eigenvalue weighted by molar-refractivity contribution is 6.12. The highest BCUT2D eigenvalue weighted by atomic mass is 16.3. The molecule has 5 rings (SSSR count). The van der Waals surface area contributed by atoms with Gasteiger partial charge in [0.1, 0.15) is 5.78 Å². The quantitative estimate of drug-likeness (QED) is 0.757. The first-order chi connectivity index (χ1) is 11.8. The van der Waals surface area contributed by atoms with Gasteiger partial charge in [-0.1, -0.05) is 13.8 Å². The Morgan fingerprint density at radius 3 is 2.68 bits per heavy atom. The van der Waals surface area contributed by atoms with Gasteiger partial charge in [0.05, 0.1) is 18.5 Å². The van der Waals surface area contributed by atoms with Crippen molar-refractivity contribution >= 4 is 11.6 Å². The minimum atomic E-state index is -0.807. The van der Waals surface area contributed by atoms with E-state index in [0.29, 0.717) is 49.0 Å². The molecule has 132 valence electrons. The molecule has 5 heteroatoms. The van der Waals surface area contributed by atoms with Gasteiger partial charge in [-0.05, 0) is 31.3 Å². The average Bonchev–Trinajstić information content (AvgIpc) is 3.12. The van der Waals surface area contributed by atoms with E-state index >= 15 is 0 Å². The molecule has 5 nitrogen and oxygen atoms in total. The van der Waals surface area contributed by atoms with Gasteiger partial charge >= 0.3 is 0 Å². The van der Waals surface area contributed by atoms with Gasteiger partial charge in [0.15, 0.2) is 5.76 Å². The summed E-state index contributed by atoms with van der Waals surface area (Å²) >= 11 is 0. The fourth-order valence-corrected chi connectivity index (χ4v) is 6.06. The number of fused-ring (bicyclic) bond motifs is 3. The molecule has 1 heterocycles. The minimum Gasteiger partial charge on any atom is -0.460 e. The van der Waals surface area contributed by atoms with Gasteiger partial charge in [0.2, 0.25) is 5.78 Å². The number of rotatable bonds is 0. The standard InChI is InChI=1S/C20H22O5/c1-19-6-5-11(21)9-8-25-18(15(9)19)17(24)14-10-3-4-13(23)20(10,2)7-12(22)16(14)19/h8,10-12,21-22H,3-7H2,1-2H3. The summed E-state index contributed by atoms with van der Waals surface area (Å²) < 4.78 is 5.62. The molecule has 2 N–H and O–H groups in total.